The third-order valence-electron chi connectivity index (χ3n) is 3.57. The van der Waals surface area contributed by atoms with Crippen molar-refractivity contribution in [3.63, 3.8) is 0 Å². The summed E-state index contributed by atoms with van der Waals surface area (Å²) >= 11 is 1.61. The molecule has 0 spiro atoms. The minimum absolute atomic E-state index is 0.0791. The second kappa shape index (κ2) is 8.53. The molecule has 134 valence electrons. The van der Waals surface area contributed by atoms with Gasteiger partial charge in [0, 0.05) is 17.5 Å². The lowest BCUT2D eigenvalue weighted by atomic mass is 10.0. The number of amides is 3. The van der Waals surface area contributed by atoms with Crippen LogP contribution in [0.4, 0.5) is 16.2 Å². The van der Waals surface area contributed by atoms with Gasteiger partial charge in [-0.25, -0.2) is 4.79 Å². The zero-order valence-electron chi connectivity index (χ0n) is 14.8. The van der Waals surface area contributed by atoms with Gasteiger partial charge in [-0.2, -0.15) is 0 Å². The Morgan fingerprint density at radius 2 is 1.92 bits per heavy atom. The molecule has 0 radical (unpaired) electrons. The Morgan fingerprint density at radius 1 is 1.16 bits per heavy atom. The number of carbonyl (C=O) groups excluding carboxylic acids is 2. The van der Waals surface area contributed by atoms with Crippen LogP contribution >= 0.6 is 11.3 Å². The van der Waals surface area contributed by atoms with Gasteiger partial charge in [0.1, 0.15) is 5.75 Å². The Hall–Kier alpha value is -2.54. The average molecular weight is 361 g/mol. The van der Waals surface area contributed by atoms with Crippen molar-refractivity contribution in [2.24, 2.45) is 5.92 Å². The molecule has 7 heteroatoms. The smallest absolute Gasteiger partial charge is 0.319 e. The largest absolute Gasteiger partial charge is 0.495 e. The van der Waals surface area contributed by atoms with Gasteiger partial charge in [-0.3, -0.25) is 4.79 Å². The van der Waals surface area contributed by atoms with Gasteiger partial charge in [0.15, 0.2) is 0 Å². The number of hydrogen-bond donors (Lipinski definition) is 3. The molecule has 0 aliphatic heterocycles. The Morgan fingerprint density at radius 3 is 2.48 bits per heavy atom. The monoisotopic (exact) mass is 361 g/mol. The van der Waals surface area contributed by atoms with Crippen molar-refractivity contribution in [3.05, 3.63) is 40.6 Å². The number of ether oxygens (including phenoxy) is 1. The van der Waals surface area contributed by atoms with Crippen molar-refractivity contribution < 1.29 is 14.3 Å². The lowest BCUT2D eigenvalue weighted by molar-refractivity contribution is -0.114. The molecule has 1 heterocycles. The number of thiophene rings is 1. The van der Waals surface area contributed by atoms with E-state index < -0.39 is 0 Å². The highest BCUT2D eigenvalue weighted by Crippen LogP contribution is 2.29. The summed E-state index contributed by atoms with van der Waals surface area (Å²) in [6.45, 7) is 5.55. The molecule has 2 aromatic rings. The third kappa shape index (κ3) is 5.22. The summed E-state index contributed by atoms with van der Waals surface area (Å²) in [6, 6.07) is 8.64. The molecule has 0 aliphatic rings. The Labute approximate surface area is 151 Å². The molecule has 25 heavy (non-hydrogen) atoms. The van der Waals surface area contributed by atoms with Crippen LogP contribution in [0.25, 0.3) is 0 Å². The first kappa shape index (κ1) is 18.8. The summed E-state index contributed by atoms with van der Waals surface area (Å²) in [6.07, 6.45) is 0. The standard InChI is InChI=1S/C18H23N3O3S/c1-11(2)17(16-6-5-9-25-16)21-18(23)20-14-10-13(19-12(3)22)7-8-15(14)24-4/h5-11,17H,1-4H3,(H,19,22)(H2,20,21,23)/t17-/m1/s1. The van der Waals surface area contributed by atoms with Crippen molar-refractivity contribution >= 4 is 34.6 Å². The molecule has 0 saturated carbocycles. The molecular formula is C18H23N3O3S. The maximum Gasteiger partial charge on any atom is 0.319 e. The maximum absolute atomic E-state index is 12.5. The molecule has 1 aromatic heterocycles. The highest BCUT2D eigenvalue weighted by atomic mass is 32.1. The van der Waals surface area contributed by atoms with Crippen molar-refractivity contribution in [2.45, 2.75) is 26.8 Å². The number of anilines is 2. The third-order valence-corrected chi connectivity index (χ3v) is 4.53. The predicted octanol–water partition coefficient (Wildman–Crippen LogP) is 4.23. The van der Waals surface area contributed by atoms with Crippen molar-refractivity contribution in [2.75, 3.05) is 17.7 Å². The molecule has 0 fully saturated rings. The zero-order valence-corrected chi connectivity index (χ0v) is 15.6. The second-order valence-corrected chi connectivity index (χ2v) is 6.91. The first-order valence-electron chi connectivity index (χ1n) is 7.97. The topological polar surface area (TPSA) is 79.5 Å². The fourth-order valence-electron chi connectivity index (χ4n) is 2.42. The van der Waals surface area contributed by atoms with E-state index in [0.717, 1.165) is 4.88 Å². The normalized spacial score (nSPS) is 11.7. The zero-order chi connectivity index (χ0) is 18.4. The van der Waals surface area contributed by atoms with E-state index in [2.05, 4.69) is 29.8 Å². The van der Waals surface area contributed by atoms with Crippen LogP contribution in [0.15, 0.2) is 35.7 Å². The lowest BCUT2D eigenvalue weighted by Crippen LogP contribution is -2.34. The SMILES string of the molecule is COc1ccc(NC(C)=O)cc1NC(=O)N[C@@H](c1cccs1)C(C)C. The highest BCUT2D eigenvalue weighted by Gasteiger charge is 2.20. The van der Waals surface area contributed by atoms with Crippen molar-refractivity contribution in [3.8, 4) is 5.75 Å². The van der Waals surface area contributed by atoms with Crippen molar-refractivity contribution in [1.82, 2.24) is 5.32 Å². The van der Waals surface area contributed by atoms with Crippen LogP contribution in [0, 0.1) is 5.92 Å². The maximum atomic E-state index is 12.5. The number of hydrogen-bond acceptors (Lipinski definition) is 4. The highest BCUT2D eigenvalue weighted by molar-refractivity contribution is 7.10. The molecule has 1 aromatic carbocycles. The van der Waals surface area contributed by atoms with Gasteiger partial charge in [0.25, 0.3) is 0 Å². The van der Waals surface area contributed by atoms with Crippen LogP contribution in [0.1, 0.15) is 31.7 Å². The number of urea groups is 1. The summed E-state index contributed by atoms with van der Waals surface area (Å²) < 4.78 is 5.28. The van der Waals surface area contributed by atoms with Gasteiger partial charge in [-0.1, -0.05) is 19.9 Å². The second-order valence-electron chi connectivity index (χ2n) is 5.93. The number of carbonyl (C=O) groups is 2. The molecule has 1 atom stereocenters. The van der Waals surface area contributed by atoms with E-state index >= 15 is 0 Å². The quantitative estimate of drug-likeness (QED) is 0.720. The first-order valence-corrected chi connectivity index (χ1v) is 8.85. The number of benzene rings is 1. The number of rotatable bonds is 6. The minimum Gasteiger partial charge on any atom is -0.495 e. The van der Waals surface area contributed by atoms with E-state index in [1.54, 1.807) is 29.5 Å². The molecule has 2 rings (SSSR count). The van der Waals surface area contributed by atoms with Gasteiger partial charge in [-0.05, 0) is 35.6 Å². The van der Waals surface area contributed by atoms with Crippen LogP contribution < -0.4 is 20.7 Å². The molecule has 3 amide bonds. The summed E-state index contributed by atoms with van der Waals surface area (Å²) in [5.41, 5.74) is 1.07. The van der Waals surface area contributed by atoms with Crippen LogP contribution in [0.2, 0.25) is 0 Å². The molecular weight excluding hydrogens is 338 g/mol. The predicted molar refractivity (Wildman–Crippen MR) is 101 cm³/mol. The van der Waals surface area contributed by atoms with E-state index in [-0.39, 0.29) is 23.9 Å². The van der Waals surface area contributed by atoms with Crippen LogP contribution in [0.5, 0.6) is 5.75 Å². The fourth-order valence-corrected chi connectivity index (χ4v) is 3.37. The van der Waals surface area contributed by atoms with Gasteiger partial charge in [0.2, 0.25) is 5.91 Å². The Kier molecular flexibility index (Phi) is 6.41. The molecule has 0 bridgehead atoms. The molecule has 0 unspecified atom stereocenters. The first-order chi connectivity index (χ1) is 11.9. The van der Waals surface area contributed by atoms with Crippen LogP contribution in [0.3, 0.4) is 0 Å². The lowest BCUT2D eigenvalue weighted by Gasteiger charge is -2.22. The molecule has 6 nitrogen and oxygen atoms in total. The van der Waals surface area contributed by atoms with E-state index in [4.69, 9.17) is 4.74 Å². The van der Waals surface area contributed by atoms with Gasteiger partial charge in [-0.15, -0.1) is 11.3 Å². The van der Waals surface area contributed by atoms with E-state index in [1.807, 2.05) is 17.5 Å². The van der Waals surface area contributed by atoms with Gasteiger partial charge < -0.3 is 20.7 Å². The minimum atomic E-state index is -0.328. The number of methoxy groups -OCH3 is 1. The van der Waals surface area contributed by atoms with Crippen LogP contribution in [-0.2, 0) is 4.79 Å². The van der Waals surface area contributed by atoms with E-state index in [9.17, 15) is 9.59 Å². The Balaban J connectivity index is 2.14. The number of nitrogens with one attached hydrogen (secondary N) is 3. The summed E-state index contributed by atoms with van der Waals surface area (Å²) in [5, 5.41) is 10.5. The molecule has 0 saturated heterocycles. The average Bonchev–Trinajstić information content (AvgIpc) is 3.06. The van der Waals surface area contributed by atoms with Gasteiger partial charge >= 0.3 is 6.03 Å². The molecule has 3 N–H and O–H groups in total. The van der Waals surface area contributed by atoms with E-state index in [0.29, 0.717) is 17.1 Å². The summed E-state index contributed by atoms with van der Waals surface area (Å²) in [7, 11) is 1.53. The molecule has 0 aliphatic carbocycles. The summed E-state index contributed by atoms with van der Waals surface area (Å²) in [4.78, 5) is 24.8. The van der Waals surface area contributed by atoms with E-state index in [1.165, 1.54) is 14.0 Å². The summed E-state index contributed by atoms with van der Waals surface area (Å²) in [5.74, 6) is 0.580. The van der Waals surface area contributed by atoms with Crippen LogP contribution in [-0.4, -0.2) is 19.0 Å². The van der Waals surface area contributed by atoms with Crippen molar-refractivity contribution in [1.29, 1.82) is 0 Å². The Bertz CT molecular complexity index is 729. The fraction of sp³-hybridized carbons (Fsp3) is 0.333. The van der Waals surface area contributed by atoms with Gasteiger partial charge in [0.05, 0.1) is 18.8 Å².